The van der Waals surface area contributed by atoms with Gasteiger partial charge in [-0.1, -0.05) is 35.0 Å². The maximum absolute atomic E-state index is 12.0. The normalized spacial score (nSPS) is 10.8. The maximum atomic E-state index is 12.0. The van der Waals surface area contributed by atoms with E-state index in [4.69, 9.17) is 0 Å². The van der Waals surface area contributed by atoms with Crippen LogP contribution in [0.5, 0.6) is 0 Å². The topological polar surface area (TPSA) is 75.3 Å². The van der Waals surface area contributed by atoms with Crippen LogP contribution in [0.15, 0.2) is 28.7 Å². The Morgan fingerprint density at radius 3 is 2.59 bits per heavy atom. The minimum atomic E-state index is -3.45. The summed E-state index contributed by atoms with van der Waals surface area (Å²) in [5, 5.41) is 5.73. The van der Waals surface area contributed by atoms with Crippen LogP contribution >= 0.6 is 28.3 Å². The molecule has 1 aromatic rings. The fourth-order valence-electron chi connectivity index (χ4n) is 1.77. The van der Waals surface area contributed by atoms with Crippen molar-refractivity contribution in [3.63, 3.8) is 0 Å². The summed E-state index contributed by atoms with van der Waals surface area (Å²) in [5.41, 5.74) is 0.668. The smallest absolute Gasteiger partial charge is 0.235 e. The van der Waals surface area contributed by atoms with E-state index in [2.05, 4.69) is 33.5 Å². The monoisotopic (exact) mass is 412 g/mol. The number of carbonyl (C=O) groups excluding carboxylic acids is 1. The lowest BCUT2D eigenvalue weighted by molar-refractivity contribution is -0.118. The lowest BCUT2D eigenvalue weighted by Gasteiger charge is -2.07. The van der Waals surface area contributed by atoms with Crippen LogP contribution in [0.1, 0.15) is 18.9 Å². The van der Waals surface area contributed by atoms with E-state index in [9.17, 15) is 13.2 Å². The molecule has 0 atom stereocenters. The molecule has 126 valence electrons. The zero-order chi connectivity index (χ0) is 15.7. The number of nitrogens with one attached hydrogen (secondary N) is 2. The second kappa shape index (κ2) is 11.0. The highest BCUT2D eigenvalue weighted by Crippen LogP contribution is 2.14. The Morgan fingerprint density at radius 1 is 1.23 bits per heavy atom. The molecule has 0 aromatic heterocycles. The van der Waals surface area contributed by atoms with E-state index in [1.54, 1.807) is 18.2 Å². The van der Waals surface area contributed by atoms with Crippen LogP contribution in [0.2, 0.25) is 0 Å². The van der Waals surface area contributed by atoms with Crippen molar-refractivity contribution in [3.05, 3.63) is 34.3 Å². The number of halogens is 2. The van der Waals surface area contributed by atoms with Crippen LogP contribution < -0.4 is 10.6 Å². The van der Waals surface area contributed by atoms with Gasteiger partial charge >= 0.3 is 0 Å². The Morgan fingerprint density at radius 2 is 1.95 bits per heavy atom. The van der Waals surface area contributed by atoms with Gasteiger partial charge in [0, 0.05) is 17.6 Å². The van der Waals surface area contributed by atoms with Crippen LogP contribution in [0.4, 0.5) is 0 Å². The van der Waals surface area contributed by atoms with Crippen LogP contribution in [0, 0.1) is 0 Å². The Balaban J connectivity index is 0.00000441. The molecule has 0 bridgehead atoms. The van der Waals surface area contributed by atoms with Crippen molar-refractivity contribution in [2.45, 2.75) is 19.1 Å². The molecular weight excluding hydrogens is 392 g/mol. The van der Waals surface area contributed by atoms with Crippen molar-refractivity contribution >= 4 is 44.1 Å². The zero-order valence-corrected chi connectivity index (χ0v) is 15.7. The van der Waals surface area contributed by atoms with Crippen molar-refractivity contribution in [1.82, 2.24) is 10.6 Å². The molecule has 0 aliphatic carbocycles. The summed E-state index contributed by atoms with van der Waals surface area (Å²) < 4.78 is 24.8. The van der Waals surface area contributed by atoms with Gasteiger partial charge in [-0.3, -0.25) is 4.79 Å². The number of benzene rings is 1. The van der Waals surface area contributed by atoms with Gasteiger partial charge in [0.05, 0.1) is 5.75 Å². The lowest BCUT2D eigenvalue weighted by Crippen LogP contribution is -2.35. The Kier molecular flexibility index (Phi) is 10.7. The summed E-state index contributed by atoms with van der Waals surface area (Å²) in [6, 6.07) is 7.07. The zero-order valence-electron chi connectivity index (χ0n) is 12.5. The highest BCUT2D eigenvalue weighted by Gasteiger charge is 2.17. The standard InChI is InChI=1S/C14H21BrN2O3S.ClH/c1-2-6-16-7-8-17-14(18)11-21(19,20)10-12-4-3-5-13(15)9-12;/h3-5,9,16H,2,6-8,10-11H2,1H3,(H,17,18);1H. The number of hydrogen-bond acceptors (Lipinski definition) is 4. The predicted octanol–water partition coefficient (Wildman–Crippen LogP) is 1.90. The second-order valence-corrected chi connectivity index (χ2v) is 7.74. The lowest BCUT2D eigenvalue weighted by atomic mass is 10.2. The van der Waals surface area contributed by atoms with Crippen LogP contribution in [-0.2, 0) is 20.4 Å². The van der Waals surface area contributed by atoms with Crippen LogP contribution in [-0.4, -0.2) is 39.7 Å². The third-order valence-electron chi connectivity index (χ3n) is 2.68. The van der Waals surface area contributed by atoms with E-state index < -0.39 is 21.5 Å². The molecule has 0 saturated carbocycles. The van der Waals surface area contributed by atoms with Gasteiger partial charge in [0.15, 0.2) is 9.84 Å². The highest BCUT2D eigenvalue weighted by molar-refractivity contribution is 9.10. The Labute approximate surface area is 146 Å². The predicted molar refractivity (Wildman–Crippen MR) is 95.1 cm³/mol. The van der Waals surface area contributed by atoms with Crippen LogP contribution in [0.25, 0.3) is 0 Å². The molecule has 0 unspecified atom stereocenters. The van der Waals surface area contributed by atoms with Gasteiger partial charge in [0.1, 0.15) is 5.75 Å². The summed E-state index contributed by atoms with van der Waals surface area (Å²) in [7, 11) is -3.45. The van der Waals surface area contributed by atoms with Crippen molar-refractivity contribution in [2.75, 3.05) is 25.4 Å². The van der Waals surface area contributed by atoms with Crippen molar-refractivity contribution < 1.29 is 13.2 Å². The van der Waals surface area contributed by atoms with Gasteiger partial charge in [-0.2, -0.15) is 0 Å². The molecule has 0 heterocycles. The van der Waals surface area contributed by atoms with E-state index in [-0.39, 0.29) is 18.2 Å². The second-order valence-electron chi connectivity index (χ2n) is 4.76. The third kappa shape index (κ3) is 9.40. The SMILES string of the molecule is CCCNCCNC(=O)CS(=O)(=O)Cc1cccc(Br)c1.Cl. The average Bonchev–Trinajstić information content (AvgIpc) is 2.37. The third-order valence-corrected chi connectivity index (χ3v) is 4.65. The molecule has 0 saturated heterocycles. The van der Waals surface area contributed by atoms with E-state index in [1.807, 2.05) is 6.07 Å². The van der Waals surface area contributed by atoms with Crippen molar-refractivity contribution in [1.29, 1.82) is 0 Å². The molecule has 1 aromatic carbocycles. The Hall–Kier alpha value is -0.630. The van der Waals surface area contributed by atoms with Crippen LogP contribution in [0.3, 0.4) is 0 Å². The first-order valence-corrected chi connectivity index (χ1v) is 9.46. The summed E-state index contributed by atoms with van der Waals surface area (Å²) >= 11 is 3.29. The van der Waals surface area contributed by atoms with E-state index in [0.717, 1.165) is 17.4 Å². The summed E-state index contributed by atoms with van der Waals surface area (Å²) in [4.78, 5) is 11.6. The van der Waals surface area contributed by atoms with Crippen molar-refractivity contribution in [2.24, 2.45) is 0 Å². The molecule has 0 aliphatic heterocycles. The molecule has 22 heavy (non-hydrogen) atoms. The first-order valence-electron chi connectivity index (χ1n) is 6.85. The summed E-state index contributed by atoms with van der Waals surface area (Å²) in [6.45, 7) is 4.02. The van der Waals surface area contributed by atoms with Gasteiger partial charge in [-0.15, -0.1) is 12.4 Å². The first kappa shape index (κ1) is 21.4. The molecular formula is C14H22BrClN2O3S. The number of carbonyl (C=O) groups is 1. The minimum Gasteiger partial charge on any atom is -0.354 e. The number of sulfone groups is 1. The molecule has 0 fully saturated rings. The molecule has 1 rings (SSSR count). The van der Waals surface area contributed by atoms with Gasteiger partial charge in [-0.25, -0.2) is 8.42 Å². The quantitative estimate of drug-likeness (QED) is 0.606. The molecule has 2 N–H and O–H groups in total. The molecule has 0 aliphatic rings. The molecule has 8 heteroatoms. The molecule has 0 radical (unpaired) electrons. The summed E-state index contributed by atoms with van der Waals surface area (Å²) in [5.74, 6) is -1.07. The number of amides is 1. The first-order chi connectivity index (χ1) is 9.93. The largest absolute Gasteiger partial charge is 0.354 e. The molecule has 1 amide bonds. The average molecular weight is 414 g/mol. The number of rotatable bonds is 9. The highest BCUT2D eigenvalue weighted by atomic mass is 79.9. The summed E-state index contributed by atoms with van der Waals surface area (Å²) in [6.07, 6.45) is 1.02. The fourth-order valence-corrected chi connectivity index (χ4v) is 3.51. The fraction of sp³-hybridized carbons (Fsp3) is 0.500. The Bertz CT molecular complexity index is 567. The van der Waals surface area contributed by atoms with E-state index >= 15 is 0 Å². The van der Waals surface area contributed by atoms with Gasteiger partial charge < -0.3 is 10.6 Å². The van der Waals surface area contributed by atoms with E-state index in [0.29, 0.717) is 18.7 Å². The van der Waals surface area contributed by atoms with Gasteiger partial charge in [0.2, 0.25) is 5.91 Å². The molecule has 5 nitrogen and oxygen atoms in total. The number of hydrogen-bond donors (Lipinski definition) is 2. The van der Waals surface area contributed by atoms with Gasteiger partial charge in [-0.05, 0) is 30.7 Å². The molecule has 0 spiro atoms. The van der Waals surface area contributed by atoms with Crippen molar-refractivity contribution in [3.8, 4) is 0 Å². The van der Waals surface area contributed by atoms with E-state index in [1.165, 1.54) is 0 Å². The maximum Gasteiger partial charge on any atom is 0.235 e. The van der Waals surface area contributed by atoms with Gasteiger partial charge in [0.25, 0.3) is 0 Å². The minimum absolute atomic E-state index is 0.